The summed E-state index contributed by atoms with van der Waals surface area (Å²) >= 11 is 6.31. The van der Waals surface area contributed by atoms with E-state index in [9.17, 15) is 0 Å². The molecule has 1 saturated heterocycles. The average molecular weight is 319 g/mol. The monoisotopic (exact) mass is 318 g/mol. The Balaban J connectivity index is 1.45. The van der Waals surface area contributed by atoms with E-state index in [0.717, 1.165) is 55.5 Å². The van der Waals surface area contributed by atoms with E-state index in [1.165, 1.54) is 0 Å². The standard InChI is InChI=1S/C16H19ClN4O/c17-14-4-2-1-3-13(14)15-10-20(7-8-22-15)9-12-5-6-16-18-11-19-21(12)16/h1-4,11-12,15H,5-10H2. The number of nitrogens with zero attached hydrogens (tertiary/aromatic N) is 4. The van der Waals surface area contributed by atoms with Crippen LogP contribution < -0.4 is 0 Å². The maximum absolute atomic E-state index is 6.31. The minimum atomic E-state index is 0.0547. The van der Waals surface area contributed by atoms with Crippen LogP contribution in [0, 0.1) is 0 Å². The van der Waals surface area contributed by atoms with Crippen molar-refractivity contribution < 1.29 is 4.74 Å². The summed E-state index contributed by atoms with van der Waals surface area (Å²) in [4.78, 5) is 6.76. The van der Waals surface area contributed by atoms with Crippen LogP contribution in [0.3, 0.4) is 0 Å². The molecule has 2 aromatic rings. The zero-order chi connectivity index (χ0) is 14.9. The number of ether oxygens (including phenoxy) is 1. The fourth-order valence-electron chi connectivity index (χ4n) is 3.44. The number of hydrogen-bond donors (Lipinski definition) is 0. The van der Waals surface area contributed by atoms with Gasteiger partial charge >= 0.3 is 0 Å². The molecule has 0 spiro atoms. The summed E-state index contributed by atoms with van der Waals surface area (Å²) in [5, 5.41) is 5.15. The normalized spacial score (nSPS) is 25.3. The van der Waals surface area contributed by atoms with Gasteiger partial charge < -0.3 is 4.74 Å². The van der Waals surface area contributed by atoms with Crippen LogP contribution in [0.5, 0.6) is 0 Å². The molecular formula is C16H19ClN4O. The highest BCUT2D eigenvalue weighted by Gasteiger charge is 2.29. The fourth-order valence-corrected chi connectivity index (χ4v) is 3.69. The molecule has 2 aliphatic rings. The third kappa shape index (κ3) is 2.64. The predicted octanol–water partition coefficient (Wildman–Crippen LogP) is 2.49. The molecule has 4 rings (SSSR count). The van der Waals surface area contributed by atoms with Crippen LogP contribution in [0.4, 0.5) is 0 Å². The van der Waals surface area contributed by atoms with E-state index in [1.807, 2.05) is 18.2 Å². The van der Waals surface area contributed by atoms with Crippen LogP contribution in [0.15, 0.2) is 30.6 Å². The summed E-state index contributed by atoms with van der Waals surface area (Å²) in [5.41, 5.74) is 1.08. The molecule has 0 bridgehead atoms. The van der Waals surface area contributed by atoms with Gasteiger partial charge in [0.05, 0.1) is 18.8 Å². The van der Waals surface area contributed by atoms with E-state index in [1.54, 1.807) is 6.33 Å². The third-order valence-electron chi connectivity index (χ3n) is 4.57. The van der Waals surface area contributed by atoms with E-state index in [4.69, 9.17) is 16.3 Å². The Kier molecular flexibility index (Phi) is 3.86. The Morgan fingerprint density at radius 3 is 3.14 bits per heavy atom. The van der Waals surface area contributed by atoms with Crippen LogP contribution in [0.2, 0.25) is 5.02 Å². The number of aryl methyl sites for hydroxylation is 1. The van der Waals surface area contributed by atoms with Crippen molar-refractivity contribution in [2.75, 3.05) is 26.2 Å². The lowest BCUT2D eigenvalue weighted by Gasteiger charge is -2.34. The number of aromatic nitrogens is 3. The predicted molar refractivity (Wildman–Crippen MR) is 84.0 cm³/mol. The number of rotatable bonds is 3. The summed E-state index contributed by atoms with van der Waals surface area (Å²) in [5.74, 6) is 1.11. The number of halogens is 1. The Labute approximate surface area is 134 Å². The molecule has 5 nitrogen and oxygen atoms in total. The molecule has 22 heavy (non-hydrogen) atoms. The second kappa shape index (κ2) is 5.99. The van der Waals surface area contributed by atoms with Crippen molar-refractivity contribution in [1.29, 1.82) is 0 Å². The van der Waals surface area contributed by atoms with Crippen molar-refractivity contribution in [1.82, 2.24) is 19.7 Å². The summed E-state index contributed by atoms with van der Waals surface area (Å²) in [6.07, 6.45) is 3.87. The van der Waals surface area contributed by atoms with Gasteiger partial charge in [-0.05, 0) is 12.5 Å². The van der Waals surface area contributed by atoms with Crippen LogP contribution >= 0.6 is 11.6 Å². The molecule has 1 aromatic carbocycles. The van der Waals surface area contributed by atoms with Crippen molar-refractivity contribution in [2.45, 2.75) is 25.0 Å². The maximum Gasteiger partial charge on any atom is 0.138 e. The van der Waals surface area contributed by atoms with Crippen LogP contribution in [-0.4, -0.2) is 45.9 Å². The van der Waals surface area contributed by atoms with Gasteiger partial charge in [0.1, 0.15) is 12.2 Å². The molecular weight excluding hydrogens is 300 g/mol. The zero-order valence-electron chi connectivity index (χ0n) is 12.4. The van der Waals surface area contributed by atoms with E-state index >= 15 is 0 Å². The average Bonchev–Trinajstić information content (AvgIpc) is 3.13. The largest absolute Gasteiger partial charge is 0.371 e. The highest BCUT2D eigenvalue weighted by atomic mass is 35.5. The molecule has 3 heterocycles. The van der Waals surface area contributed by atoms with Gasteiger partial charge in [-0.25, -0.2) is 9.67 Å². The second-order valence-corrected chi connectivity index (χ2v) is 6.36. The van der Waals surface area contributed by atoms with Gasteiger partial charge in [0, 0.05) is 36.6 Å². The first kappa shape index (κ1) is 14.2. The quantitative estimate of drug-likeness (QED) is 0.872. The Morgan fingerprint density at radius 1 is 1.32 bits per heavy atom. The molecule has 0 radical (unpaired) electrons. The summed E-state index contributed by atoms with van der Waals surface area (Å²) in [7, 11) is 0. The van der Waals surface area contributed by atoms with Crippen molar-refractivity contribution in [3.05, 3.63) is 47.0 Å². The smallest absolute Gasteiger partial charge is 0.138 e. The van der Waals surface area contributed by atoms with Gasteiger partial charge in [0.15, 0.2) is 0 Å². The van der Waals surface area contributed by atoms with Crippen LogP contribution in [0.25, 0.3) is 0 Å². The molecule has 0 aliphatic carbocycles. The van der Waals surface area contributed by atoms with E-state index < -0.39 is 0 Å². The van der Waals surface area contributed by atoms with Gasteiger partial charge in [0.25, 0.3) is 0 Å². The molecule has 2 aliphatic heterocycles. The first-order chi connectivity index (χ1) is 10.8. The molecule has 2 unspecified atom stereocenters. The van der Waals surface area contributed by atoms with Crippen molar-refractivity contribution in [3.63, 3.8) is 0 Å². The summed E-state index contributed by atoms with van der Waals surface area (Å²) in [6.45, 7) is 3.58. The summed E-state index contributed by atoms with van der Waals surface area (Å²) < 4.78 is 8.02. The molecule has 0 amide bonds. The number of benzene rings is 1. The molecule has 0 saturated carbocycles. The first-order valence-corrected chi connectivity index (χ1v) is 8.16. The van der Waals surface area contributed by atoms with E-state index in [2.05, 4.69) is 25.7 Å². The Bertz CT molecular complexity index is 659. The molecule has 1 aromatic heterocycles. The first-order valence-electron chi connectivity index (χ1n) is 7.78. The van der Waals surface area contributed by atoms with Gasteiger partial charge in [-0.2, -0.15) is 5.10 Å². The van der Waals surface area contributed by atoms with Gasteiger partial charge in [-0.15, -0.1) is 0 Å². The number of fused-ring (bicyclic) bond motifs is 1. The number of morpholine rings is 1. The minimum absolute atomic E-state index is 0.0547. The van der Waals surface area contributed by atoms with E-state index in [0.29, 0.717) is 6.04 Å². The van der Waals surface area contributed by atoms with Crippen molar-refractivity contribution in [2.24, 2.45) is 0 Å². The minimum Gasteiger partial charge on any atom is -0.371 e. The van der Waals surface area contributed by atoms with Crippen molar-refractivity contribution >= 4 is 11.6 Å². The topological polar surface area (TPSA) is 43.2 Å². The van der Waals surface area contributed by atoms with Crippen LogP contribution in [-0.2, 0) is 11.2 Å². The zero-order valence-corrected chi connectivity index (χ0v) is 13.1. The lowest BCUT2D eigenvalue weighted by Crippen LogP contribution is -2.41. The highest BCUT2D eigenvalue weighted by Crippen LogP contribution is 2.30. The van der Waals surface area contributed by atoms with Gasteiger partial charge in [-0.1, -0.05) is 29.8 Å². The molecule has 2 atom stereocenters. The molecule has 0 N–H and O–H groups in total. The van der Waals surface area contributed by atoms with Gasteiger partial charge in [0.2, 0.25) is 0 Å². The Hall–Kier alpha value is -1.43. The second-order valence-electron chi connectivity index (χ2n) is 5.95. The highest BCUT2D eigenvalue weighted by molar-refractivity contribution is 6.31. The summed E-state index contributed by atoms with van der Waals surface area (Å²) in [6, 6.07) is 8.39. The van der Waals surface area contributed by atoms with Crippen molar-refractivity contribution in [3.8, 4) is 0 Å². The molecule has 1 fully saturated rings. The number of hydrogen-bond acceptors (Lipinski definition) is 4. The Morgan fingerprint density at radius 2 is 2.23 bits per heavy atom. The molecule has 116 valence electrons. The maximum atomic E-state index is 6.31. The third-order valence-corrected chi connectivity index (χ3v) is 4.91. The lowest BCUT2D eigenvalue weighted by molar-refractivity contribution is -0.0339. The van der Waals surface area contributed by atoms with Crippen LogP contribution in [0.1, 0.15) is 30.0 Å². The SMILES string of the molecule is Clc1ccccc1C1CN(CC2CCc3ncnn32)CCO1. The fraction of sp³-hybridized carbons (Fsp3) is 0.500. The molecule has 6 heteroatoms. The lowest BCUT2D eigenvalue weighted by atomic mass is 10.1. The van der Waals surface area contributed by atoms with E-state index in [-0.39, 0.29) is 6.10 Å². The van der Waals surface area contributed by atoms with Gasteiger partial charge in [-0.3, -0.25) is 4.90 Å².